The van der Waals surface area contributed by atoms with Gasteiger partial charge in [0.15, 0.2) is 5.16 Å². The predicted molar refractivity (Wildman–Crippen MR) is 84.4 cm³/mol. The first-order valence-electron chi connectivity index (χ1n) is 6.72. The number of carbonyl (C=O) groups is 2. The van der Waals surface area contributed by atoms with E-state index in [0.717, 1.165) is 0 Å². The molecule has 0 unspecified atom stereocenters. The van der Waals surface area contributed by atoms with Gasteiger partial charge in [-0.1, -0.05) is 11.8 Å². The number of aromatic nitrogens is 3. The summed E-state index contributed by atoms with van der Waals surface area (Å²) in [4.78, 5) is 25.2. The van der Waals surface area contributed by atoms with Crippen LogP contribution in [0.25, 0.3) is 0 Å². The van der Waals surface area contributed by atoms with Crippen molar-refractivity contribution in [2.75, 3.05) is 24.7 Å². The number of likely N-dealkylation sites (N-methyl/N-ethyl adjacent to an activating group) is 1. The van der Waals surface area contributed by atoms with Gasteiger partial charge in [0, 0.05) is 19.8 Å². The standard InChI is InChI=1S/C14H16FN5O2S/c1-19(13(22)8-23-14-18-16-9-20(14)2)7-12(21)17-11-5-3-10(15)4-6-11/h3-6,9H,7-8H2,1-2H3,(H,17,21). The number of aryl methyl sites for hydroxylation is 1. The molecule has 1 N–H and O–H groups in total. The lowest BCUT2D eigenvalue weighted by Crippen LogP contribution is -2.36. The van der Waals surface area contributed by atoms with Crippen molar-refractivity contribution >= 4 is 29.3 Å². The second kappa shape index (κ2) is 7.73. The van der Waals surface area contributed by atoms with Crippen molar-refractivity contribution in [3.63, 3.8) is 0 Å². The lowest BCUT2D eigenvalue weighted by atomic mass is 10.3. The average Bonchev–Trinajstić information content (AvgIpc) is 2.92. The summed E-state index contributed by atoms with van der Waals surface area (Å²) < 4.78 is 14.5. The Morgan fingerprint density at radius 2 is 2.04 bits per heavy atom. The molecule has 0 saturated heterocycles. The lowest BCUT2D eigenvalue weighted by Gasteiger charge is -2.16. The highest BCUT2D eigenvalue weighted by Crippen LogP contribution is 2.13. The van der Waals surface area contributed by atoms with E-state index in [1.165, 1.54) is 40.9 Å². The third kappa shape index (κ3) is 5.06. The molecule has 0 atom stereocenters. The molecule has 0 aliphatic rings. The van der Waals surface area contributed by atoms with Crippen molar-refractivity contribution < 1.29 is 14.0 Å². The summed E-state index contributed by atoms with van der Waals surface area (Å²) >= 11 is 1.25. The zero-order valence-corrected chi connectivity index (χ0v) is 13.5. The van der Waals surface area contributed by atoms with Gasteiger partial charge in [0.1, 0.15) is 12.1 Å². The van der Waals surface area contributed by atoms with Crippen LogP contribution >= 0.6 is 11.8 Å². The van der Waals surface area contributed by atoms with Gasteiger partial charge in [0.05, 0.1) is 12.3 Å². The van der Waals surface area contributed by atoms with Crippen LogP contribution in [0, 0.1) is 5.82 Å². The molecule has 2 aromatic rings. The Kier molecular flexibility index (Phi) is 5.69. The van der Waals surface area contributed by atoms with Gasteiger partial charge in [0.2, 0.25) is 11.8 Å². The Labute approximate surface area is 136 Å². The fourth-order valence-electron chi connectivity index (χ4n) is 1.68. The minimum Gasteiger partial charge on any atom is -0.336 e. The van der Waals surface area contributed by atoms with Crippen LogP contribution in [0.1, 0.15) is 0 Å². The first-order valence-corrected chi connectivity index (χ1v) is 7.70. The van der Waals surface area contributed by atoms with Crippen LogP contribution in [0.4, 0.5) is 10.1 Å². The zero-order valence-electron chi connectivity index (χ0n) is 12.7. The van der Waals surface area contributed by atoms with Gasteiger partial charge in [-0.15, -0.1) is 10.2 Å². The molecule has 7 nitrogen and oxygen atoms in total. The fourth-order valence-corrected chi connectivity index (χ4v) is 2.51. The summed E-state index contributed by atoms with van der Waals surface area (Å²) in [6.45, 7) is -0.0877. The number of rotatable bonds is 6. The van der Waals surface area contributed by atoms with E-state index >= 15 is 0 Å². The third-order valence-electron chi connectivity index (χ3n) is 2.93. The topological polar surface area (TPSA) is 80.1 Å². The molecule has 1 aromatic carbocycles. The molecule has 2 amide bonds. The predicted octanol–water partition coefficient (Wildman–Crippen LogP) is 1.14. The summed E-state index contributed by atoms with van der Waals surface area (Å²) in [6.07, 6.45) is 1.55. The SMILES string of the molecule is CN(CC(=O)Nc1ccc(F)cc1)C(=O)CSc1nncn1C. The van der Waals surface area contributed by atoms with E-state index in [4.69, 9.17) is 0 Å². The second-order valence-corrected chi connectivity index (χ2v) is 5.76. The monoisotopic (exact) mass is 337 g/mol. The van der Waals surface area contributed by atoms with E-state index in [1.807, 2.05) is 0 Å². The smallest absolute Gasteiger partial charge is 0.243 e. The van der Waals surface area contributed by atoms with Crippen molar-refractivity contribution in [3.05, 3.63) is 36.4 Å². The van der Waals surface area contributed by atoms with Gasteiger partial charge in [0.25, 0.3) is 0 Å². The second-order valence-electron chi connectivity index (χ2n) is 4.82. The average molecular weight is 337 g/mol. The van der Waals surface area contributed by atoms with Crippen LogP contribution in [0.15, 0.2) is 35.7 Å². The number of anilines is 1. The summed E-state index contributed by atoms with van der Waals surface area (Å²) in [5.41, 5.74) is 0.478. The zero-order chi connectivity index (χ0) is 16.8. The maximum absolute atomic E-state index is 12.8. The summed E-state index contributed by atoms with van der Waals surface area (Å²) in [5, 5.41) is 10.8. The number of thioether (sulfide) groups is 1. The molecule has 2 rings (SSSR count). The maximum Gasteiger partial charge on any atom is 0.243 e. The van der Waals surface area contributed by atoms with Crippen LogP contribution < -0.4 is 5.32 Å². The van der Waals surface area contributed by atoms with Gasteiger partial charge in [-0.2, -0.15) is 0 Å². The molecule has 23 heavy (non-hydrogen) atoms. The lowest BCUT2D eigenvalue weighted by molar-refractivity contribution is -0.131. The third-order valence-corrected chi connectivity index (χ3v) is 3.95. The number of carbonyl (C=O) groups excluding carboxylic acids is 2. The van der Waals surface area contributed by atoms with Crippen molar-refractivity contribution in [2.24, 2.45) is 7.05 Å². The van der Waals surface area contributed by atoms with E-state index in [9.17, 15) is 14.0 Å². The molecule has 0 spiro atoms. The number of hydrogen-bond acceptors (Lipinski definition) is 5. The van der Waals surface area contributed by atoms with Crippen molar-refractivity contribution in [1.29, 1.82) is 0 Å². The van der Waals surface area contributed by atoms with Gasteiger partial charge in [-0.25, -0.2) is 4.39 Å². The molecular weight excluding hydrogens is 321 g/mol. The van der Waals surface area contributed by atoms with Gasteiger partial charge < -0.3 is 14.8 Å². The number of halogens is 1. The molecule has 0 radical (unpaired) electrons. The molecule has 9 heteroatoms. The minimum absolute atomic E-state index is 0.0877. The van der Waals surface area contributed by atoms with Gasteiger partial charge in [-0.3, -0.25) is 9.59 Å². The van der Waals surface area contributed by atoms with Crippen molar-refractivity contribution in [2.45, 2.75) is 5.16 Å². The number of amides is 2. The summed E-state index contributed by atoms with van der Waals surface area (Å²) in [5.74, 6) is -0.771. The molecule has 0 fully saturated rings. The van der Waals surface area contributed by atoms with E-state index in [2.05, 4.69) is 15.5 Å². The van der Waals surface area contributed by atoms with E-state index < -0.39 is 0 Å². The van der Waals surface area contributed by atoms with E-state index in [-0.39, 0.29) is 29.9 Å². The maximum atomic E-state index is 12.8. The molecule has 1 aromatic heterocycles. The summed E-state index contributed by atoms with van der Waals surface area (Å²) in [6, 6.07) is 5.42. The highest BCUT2D eigenvalue weighted by molar-refractivity contribution is 7.99. The number of hydrogen-bond donors (Lipinski definition) is 1. The van der Waals surface area contributed by atoms with Crippen LogP contribution in [0.5, 0.6) is 0 Å². The van der Waals surface area contributed by atoms with Crippen LogP contribution in [-0.4, -0.2) is 50.8 Å². The number of nitrogens with zero attached hydrogens (tertiary/aromatic N) is 4. The summed E-state index contributed by atoms with van der Waals surface area (Å²) in [7, 11) is 3.33. The van der Waals surface area contributed by atoms with Gasteiger partial charge >= 0.3 is 0 Å². The van der Waals surface area contributed by atoms with Crippen LogP contribution in [0.2, 0.25) is 0 Å². The molecule has 0 aliphatic carbocycles. The normalized spacial score (nSPS) is 10.4. The van der Waals surface area contributed by atoms with Gasteiger partial charge in [-0.05, 0) is 24.3 Å². The first kappa shape index (κ1) is 16.9. The number of benzene rings is 1. The molecule has 0 aliphatic heterocycles. The Balaban J connectivity index is 1.79. The highest BCUT2D eigenvalue weighted by atomic mass is 32.2. The minimum atomic E-state index is -0.379. The fraction of sp³-hybridized carbons (Fsp3) is 0.286. The molecule has 0 bridgehead atoms. The highest BCUT2D eigenvalue weighted by Gasteiger charge is 2.14. The first-order chi connectivity index (χ1) is 11.0. The Morgan fingerprint density at radius 3 is 2.65 bits per heavy atom. The molecule has 1 heterocycles. The quantitative estimate of drug-likeness (QED) is 0.800. The molecule has 0 saturated carbocycles. The van der Waals surface area contributed by atoms with E-state index in [1.54, 1.807) is 25.0 Å². The molecular formula is C14H16FN5O2S. The molecule has 122 valence electrons. The van der Waals surface area contributed by atoms with E-state index in [0.29, 0.717) is 10.8 Å². The Bertz CT molecular complexity index is 689. The van der Waals surface area contributed by atoms with Crippen molar-refractivity contribution in [1.82, 2.24) is 19.7 Å². The number of nitrogens with one attached hydrogen (secondary N) is 1. The Morgan fingerprint density at radius 1 is 1.35 bits per heavy atom. The van der Waals surface area contributed by atoms with Crippen LogP contribution in [-0.2, 0) is 16.6 Å². The largest absolute Gasteiger partial charge is 0.336 e. The Hall–Kier alpha value is -2.42. The van der Waals surface area contributed by atoms with Crippen LogP contribution in [0.3, 0.4) is 0 Å². The van der Waals surface area contributed by atoms with Crippen molar-refractivity contribution in [3.8, 4) is 0 Å².